The van der Waals surface area contributed by atoms with Crippen LogP contribution in [0.4, 0.5) is 5.82 Å². The van der Waals surface area contributed by atoms with Crippen molar-refractivity contribution < 1.29 is 4.79 Å². The number of likely N-dealkylation sites (N-methyl/N-ethyl adjacent to an activating group) is 1. The summed E-state index contributed by atoms with van der Waals surface area (Å²) in [6, 6.07) is 14.4. The maximum absolute atomic E-state index is 13.7. The fraction of sp³-hybridized carbons (Fsp3) is 0.333. The van der Waals surface area contributed by atoms with Gasteiger partial charge in [-0.15, -0.1) is 0 Å². The molecule has 2 saturated heterocycles. The van der Waals surface area contributed by atoms with Gasteiger partial charge in [-0.25, -0.2) is 4.98 Å². The Bertz CT molecular complexity index is 1380. The Morgan fingerprint density at radius 1 is 1.11 bits per heavy atom. The minimum atomic E-state index is -0.165. The normalized spacial score (nSPS) is 18.3. The Kier molecular flexibility index (Phi) is 6.75. The number of fused-ring (bicyclic) bond motifs is 1. The number of hydrogen-bond acceptors (Lipinski definition) is 6. The molecule has 1 aromatic carbocycles. The first-order valence-corrected chi connectivity index (χ1v) is 13.2. The number of anilines is 1. The Morgan fingerprint density at radius 3 is 2.54 bits per heavy atom. The molecule has 1 amide bonds. The highest BCUT2D eigenvalue weighted by Gasteiger charge is 2.32. The van der Waals surface area contributed by atoms with Gasteiger partial charge in [0.15, 0.2) is 0 Å². The molecule has 0 radical (unpaired) electrons. The van der Waals surface area contributed by atoms with Crippen molar-refractivity contribution in [1.82, 2.24) is 14.3 Å². The molecule has 4 heterocycles. The van der Waals surface area contributed by atoms with Gasteiger partial charge in [-0.3, -0.25) is 18.9 Å². The van der Waals surface area contributed by atoms with Gasteiger partial charge in [0.05, 0.1) is 10.5 Å². The summed E-state index contributed by atoms with van der Waals surface area (Å²) in [5, 5.41) is 0. The lowest BCUT2D eigenvalue weighted by atomic mass is 9.90. The zero-order valence-corrected chi connectivity index (χ0v) is 21.6. The summed E-state index contributed by atoms with van der Waals surface area (Å²) in [5.74, 6) is 1.11. The van der Waals surface area contributed by atoms with Crippen LogP contribution < -0.4 is 10.5 Å². The highest BCUT2D eigenvalue weighted by Crippen LogP contribution is 2.34. The number of benzene rings is 1. The molecule has 5 rings (SSSR count). The van der Waals surface area contributed by atoms with Crippen LogP contribution in [0.25, 0.3) is 11.7 Å². The fourth-order valence-corrected chi connectivity index (χ4v) is 6.23. The summed E-state index contributed by atoms with van der Waals surface area (Å²) in [7, 11) is 0. The summed E-state index contributed by atoms with van der Waals surface area (Å²) in [5.41, 5.74) is 3.24. The van der Waals surface area contributed by atoms with E-state index in [9.17, 15) is 9.59 Å². The predicted molar refractivity (Wildman–Crippen MR) is 147 cm³/mol. The molecule has 2 aliphatic heterocycles. The second kappa shape index (κ2) is 9.95. The lowest BCUT2D eigenvalue weighted by molar-refractivity contribution is -0.121. The number of aryl methyl sites for hydroxylation is 1. The van der Waals surface area contributed by atoms with Crippen molar-refractivity contribution in [3.05, 3.63) is 80.6 Å². The van der Waals surface area contributed by atoms with Crippen LogP contribution in [-0.4, -0.2) is 44.1 Å². The number of carbonyl (C=O) groups is 1. The quantitative estimate of drug-likeness (QED) is 0.371. The Balaban J connectivity index is 1.51. The number of rotatable bonds is 5. The van der Waals surface area contributed by atoms with Gasteiger partial charge in [-0.2, -0.15) is 0 Å². The van der Waals surface area contributed by atoms with Crippen LogP contribution in [-0.2, 0) is 11.2 Å². The summed E-state index contributed by atoms with van der Waals surface area (Å²) in [6.07, 6.45) is 6.56. The van der Waals surface area contributed by atoms with Crippen LogP contribution in [0.2, 0.25) is 0 Å². The summed E-state index contributed by atoms with van der Waals surface area (Å²) < 4.78 is 2.10. The lowest BCUT2D eigenvalue weighted by Gasteiger charge is -2.33. The molecule has 180 valence electrons. The third-order valence-corrected chi connectivity index (χ3v) is 8.19. The standard InChI is InChI=1S/C27H28N4O2S2/c1-3-30-26(33)22(35-27(30)34)17-21-24(28-23-18(2)8-7-13-31(23)25(21)32)29-14-11-20(12-15-29)16-19-9-5-4-6-10-19/h4-10,13,17,20H,3,11-12,14-16H2,1-2H3/b22-17-. The average molecular weight is 505 g/mol. The van der Waals surface area contributed by atoms with Crippen LogP contribution in [0.3, 0.4) is 0 Å². The highest BCUT2D eigenvalue weighted by atomic mass is 32.2. The topological polar surface area (TPSA) is 57.9 Å². The third kappa shape index (κ3) is 4.65. The summed E-state index contributed by atoms with van der Waals surface area (Å²) in [4.78, 5) is 35.8. The van der Waals surface area contributed by atoms with Gasteiger partial charge < -0.3 is 4.90 Å². The zero-order valence-electron chi connectivity index (χ0n) is 19.9. The highest BCUT2D eigenvalue weighted by molar-refractivity contribution is 8.26. The smallest absolute Gasteiger partial charge is 0.267 e. The number of nitrogens with zero attached hydrogens (tertiary/aromatic N) is 4. The number of pyridine rings is 1. The molecule has 0 saturated carbocycles. The van der Waals surface area contributed by atoms with E-state index in [1.807, 2.05) is 32.0 Å². The average Bonchev–Trinajstić information content (AvgIpc) is 3.14. The van der Waals surface area contributed by atoms with E-state index in [0.717, 1.165) is 37.9 Å². The van der Waals surface area contributed by atoms with Gasteiger partial charge in [0.1, 0.15) is 15.8 Å². The number of thioether (sulfide) groups is 1. The summed E-state index contributed by atoms with van der Waals surface area (Å²) in [6.45, 7) is 6.01. The molecule has 0 unspecified atom stereocenters. The van der Waals surface area contributed by atoms with E-state index in [1.165, 1.54) is 17.3 Å². The summed E-state index contributed by atoms with van der Waals surface area (Å²) >= 11 is 6.63. The number of aromatic nitrogens is 2. The molecular formula is C27H28N4O2S2. The van der Waals surface area contributed by atoms with E-state index in [0.29, 0.717) is 38.7 Å². The SMILES string of the molecule is CCN1C(=O)/C(=C/c2c(N3CCC(Cc4ccccc4)CC3)nc3c(C)cccn3c2=O)SC1=S. The molecule has 6 nitrogen and oxygen atoms in total. The molecule has 0 atom stereocenters. The van der Waals surface area contributed by atoms with Gasteiger partial charge in [0, 0.05) is 25.8 Å². The monoisotopic (exact) mass is 504 g/mol. The number of thiocarbonyl (C=S) groups is 1. The van der Waals surface area contributed by atoms with Crippen LogP contribution in [0, 0.1) is 12.8 Å². The molecule has 2 aliphatic rings. The molecule has 8 heteroatoms. The zero-order chi connectivity index (χ0) is 24.5. The minimum Gasteiger partial charge on any atom is -0.356 e. The van der Waals surface area contributed by atoms with E-state index in [-0.39, 0.29) is 11.5 Å². The number of carbonyl (C=O) groups excluding carboxylic acids is 1. The first-order chi connectivity index (χ1) is 17.0. The van der Waals surface area contributed by atoms with Crippen molar-refractivity contribution in [3.63, 3.8) is 0 Å². The van der Waals surface area contributed by atoms with Crippen LogP contribution in [0.1, 0.15) is 36.5 Å². The van der Waals surface area contributed by atoms with Gasteiger partial charge in [-0.05, 0) is 62.3 Å². The van der Waals surface area contributed by atoms with E-state index < -0.39 is 0 Å². The van der Waals surface area contributed by atoms with Gasteiger partial charge in [-0.1, -0.05) is 60.4 Å². The molecule has 35 heavy (non-hydrogen) atoms. The first-order valence-electron chi connectivity index (χ1n) is 12.0. The molecule has 0 spiro atoms. The van der Waals surface area contributed by atoms with Crippen molar-refractivity contribution in [3.8, 4) is 0 Å². The van der Waals surface area contributed by atoms with E-state index >= 15 is 0 Å². The predicted octanol–water partition coefficient (Wildman–Crippen LogP) is 4.68. The Morgan fingerprint density at radius 2 is 1.86 bits per heavy atom. The van der Waals surface area contributed by atoms with Crippen LogP contribution in [0.5, 0.6) is 0 Å². The van der Waals surface area contributed by atoms with Crippen molar-refractivity contribution in [2.45, 2.75) is 33.1 Å². The van der Waals surface area contributed by atoms with Crippen molar-refractivity contribution in [2.24, 2.45) is 5.92 Å². The second-order valence-corrected chi connectivity index (χ2v) is 10.8. The second-order valence-electron chi connectivity index (χ2n) is 9.09. The first kappa shape index (κ1) is 23.8. The number of piperidine rings is 1. The fourth-order valence-electron chi connectivity index (χ4n) is 4.87. The molecule has 2 aromatic heterocycles. The lowest BCUT2D eigenvalue weighted by Crippen LogP contribution is -2.37. The molecule has 2 fully saturated rings. The van der Waals surface area contributed by atoms with Gasteiger partial charge >= 0.3 is 0 Å². The van der Waals surface area contributed by atoms with E-state index in [1.54, 1.807) is 21.6 Å². The third-order valence-electron chi connectivity index (χ3n) is 6.81. The largest absolute Gasteiger partial charge is 0.356 e. The Labute approximate surface area is 214 Å². The Hall–Kier alpha value is -2.97. The minimum absolute atomic E-state index is 0.149. The van der Waals surface area contributed by atoms with Crippen molar-refractivity contribution in [2.75, 3.05) is 24.5 Å². The van der Waals surface area contributed by atoms with Crippen LogP contribution in [0.15, 0.2) is 58.4 Å². The molecular weight excluding hydrogens is 476 g/mol. The molecule has 3 aromatic rings. The van der Waals surface area contributed by atoms with Crippen molar-refractivity contribution >= 4 is 51.7 Å². The number of amides is 1. The maximum atomic E-state index is 13.7. The van der Waals surface area contributed by atoms with Crippen molar-refractivity contribution in [1.29, 1.82) is 0 Å². The van der Waals surface area contributed by atoms with Gasteiger partial charge in [0.25, 0.3) is 11.5 Å². The van der Waals surface area contributed by atoms with E-state index in [2.05, 4.69) is 29.2 Å². The molecule has 0 bridgehead atoms. The van der Waals surface area contributed by atoms with Gasteiger partial charge in [0.2, 0.25) is 0 Å². The number of hydrogen-bond donors (Lipinski definition) is 0. The molecule has 0 aliphatic carbocycles. The maximum Gasteiger partial charge on any atom is 0.267 e. The van der Waals surface area contributed by atoms with E-state index in [4.69, 9.17) is 17.2 Å². The van der Waals surface area contributed by atoms with Crippen LogP contribution >= 0.6 is 24.0 Å². The molecule has 0 N–H and O–H groups in total.